The van der Waals surface area contributed by atoms with Gasteiger partial charge in [-0.2, -0.15) is 4.68 Å². The lowest BCUT2D eigenvalue weighted by Crippen LogP contribution is -2.15. The molecule has 3 rings (SSSR count). The SMILES string of the molecule is Cc1cc(C)cc(-c2nn(-c3ccccc3)c(=O)[nH]2)c1. The molecule has 0 radical (unpaired) electrons. The second-order valence-corrected chi connectivity index (χ2v) is 4.90. The summed E-state index contributed by atoms with van der Waals surface area (Å²) in [5.74, 6) is 0.589. The van der Waals surface area contributed by atoms with E-state index in [-0.39, 0.29) is 5.69 Å². The second-order valence-electron chi connectivity index (χ2n) is 4.90. The molecule has 0 spiro atoms. The highest BCUT2D eigenvalue weighted by atomic mass is 16.1. The number of hydrogen-bond acceptors (Lipinski definition) is 2. The minimum Gasteiger partial charge on any atom is -0.288 e. The molecule has 0 fully saturated rings. The first-order chi connectivity index (χ1) is 9.63. The Morgan fingerprint density at radius 1 is 1.00 bits per heavy atom. The van der Waals surface area contributed by atoms with Crippen LogP contribution < -0.4 is 5.69 Å². The van der Waals surface area contributed by atoms with E-state index in [9.17, 15) is 4.79 Å². The molecule has 20 heavy (non-hydrogen) atoms. The number of aromatic nitrogens is 3. The Bertz CT molecular complexity index is 780. The van der Waals surface area contributed by atoms with Crippen molar-refractivity contribution in [3.05, 3.63) is 70.1 Å². The lowest BCUT2D eigenvalue weighted by atomic mass is 10.1. The van der Waals surface area contributed by atoms with E-state index in [0.29, 0.717) is 5.82 Å². The maximum absolute atomic E-state index is 12.0. The Balaban J connectivity index is 2.11. The van der Waals surface area contributed by atoms with E-state index in [1.54, 1.807) is 0 Å². The van der Waals surface area contributed by atoms with Gasteiger partial charge in [-0.15, -0.1) is 5.10 Å². The molecule has 0 aliphatic rings. The number of para-hydroxylation sites is 1. The number of H-pyrrole nitrogens is 1. The van der Waals surface area contributed by atoms with Crippen LogP contribution in [0.25, 0.3) is 17.1 Å². The van der Waals surface area contributed by atoms with E-state index >= 15 is 0 Å². The van der Waals surface area contributed by atoms with Gasteiger partial charge in [-0.05, 0) is 38.1 Å². The highest BCUT2D eigenvalue weighted by molar-refractivity contribution is 5.57. The molecule has 2 aromatic carbocycles. The van der Waals surface area contributed by atoms with Crippen molar-refractivity contribution in [2.24, 2.45) is 0 Å². The Hall–Kier alpha value is -2.62. The summed E-state index contributed by atoms with van der Waals surface area (Å²) in [7, 11) is 0. The first kappa shape index (κ1) is 12.4. The highest BCUT2D eigenvalue weighted by Crippen LogP contribution is 2.18. The molecule has 0 amide bonds. The number of benzene rings is 2. The van der Waals surface area contributed by atoms with Crippen molar-refractivity contribution in [3.63, 3.8) is 0 Å². The average molecular weight is 265 g/mol. The maximum atomic E-state index is 12.0. The minimum atomic E-state index is -0.231. The largest absolute Gasteiger partial charge is 0.348 e. The van der Waals surface area contributed by atoms with Crippen molar-refractivity contribution >= 4 is 0 Å². The molecule has 0 saturated heterocycles. The first-order valence-corrected chi connectivity index (χ1v) is 6.47. The third-order valence-electron chi connectivity index (χ3n) is 3.11. The van der Waals surface area contributed by atoms with Crippen molar-refractivity contribution in [2.45, 2.75) is 13.8 Å². The van der Waals surface area contributed by atoms with Crippen LogP contribution in [-0.4, -0.2) is 14.8 Å². The molecule has 0 unspecified atom stereocenters. The summed E-state index contributed by atoms with van der Waals surface area (Å²) in [5.41, 5.74) is 3.74. The minimum absolute atomic E-state index is 0.231. The fourth-order valence-electron chi connectivity index (χ4n) is 2.31. The fourth-order valence-corrected chi connectivity index (χ4v) is 2.31. The number of nitrogens with zero attached hydrogens (tertiary/aromatic N) is 2. The Morgan fingerprint density at radius 3 is 2.30 bits per heavy atom. The molecule has 0 bridgehead atoms. The zero-order valence-electron chi connectivity index (χ0n) is 11.4. The smallest absolute Gasteiger partial charge is 0.288 e. The molecule has 0 atom stereocenters. The summed E-state index contributed by atoms with van der Waals surface area (Å²) in [4.78, 5) is 14.8. The van der Waals surface area contributed by atoms with Gasteiger partial charge >= 0.3 is 5.69 Å². The van der Waals surface area contributed by atoms with Crippen molar-refractivity contribution < 1.29 is 0 Å². The van der Waals surface area contributed by atoms with E-state index < -0.39 is 0 Å². The zero-order chi connectivity index (χ0) is 14.1. The lowest BCUT2D eigenvalue weighted by molar-refractivity contribution is 0.845. The summed E-state index contributed by atoms with van der Waals surface area (Å²) in [5, 5.41) is 4.38. The Kier molecular flexibility index (Phi) is 2.99. The molecule has 4 nitrogen and oxygen atoms in total. The molecule has 1 N–H and O–H groups in total. The molecule has 1 aromatic heterocycles. The van der Waals surface area contributed by atoms with Gasteiger partial charge in [0.25, 0.3) is 0 Å². The third kappa shape index (κ3) is 2.28. The number of aryl methyl sites for hydroxylation is 2. The molecule has 0 aliphatic carbocycles. The number of nitrogens with one attached hydrogen (secondary N) is 1. The predicted molar refractivity (Wildman–Crippen MR) is 79.1 cm³/mol. The summed E-state index contributed by atoms with van der Waals surface area (Å²) < 4.78 is 1.38. The van der Waals surface area contributed by atoms with Crippen LogP contribution in [0.4, 0.5) is 0 Å². The number of aromatic amines is 1. The monoisotopic (exact) mass is 265 g/mol. The van der Waals surface area contributed by atoms with Crippen LogP contribution in [-0.2, 0) is 0 Å². The number of rotatable bonds is 2. The van der Waals surface area contributed by atoms with Crippen LogP contribution in [0, 0.1) is 13.8 Å². The van der Waals surface area contributed by atoms with E-state index in [1.807, 2.05) is 56.3 Å². The second kappa shape index (κ2) is 4.81. The molecule has 0 aliphatic heterocycles. The van der Waals surface area contributed by atoms with Crippen molar-refractivity contribution in [2.75, 3.05) is 0 Å². The summed E-state index contributed by atoms with van der Waals surface area (Å²) in [6, 6.07) is 15.5. The fraction of sp³-hybridized carbons (Fsp3) is 0.125. The van der Waals surface area contributed by atoms with Crippen molar-refractivity contribution in [1.82, 2.24) is 14.8 Å². The van der Waals surface area contributed by atoms with Gasteiger partial charge in [0.05, 0.1) is 5.69 Å². The summed E-state index contributed by atoms with van der Waals surface area (Å²) in [6.45, 7) is 4.06. The van der Waals surface area contributed by atoms with Gasteiger partial charge < -0.3 is 0 Å². The molecule has 1 heterocycles. The van der Waals surface area contributed by atoms with Crippen LogP contribution in [0.15, 0.2) is 53.3 Å². The van der Waals surface area contributed by atoms with E-state index in [1.165, 1.54) is 4.68 Å². The van der Waals surface area contributed by atoms with Crippen LogP contribution in [0.5, 0.6) is 0 Å². The highest BCUT2D eigenvalue weighted by Gasteiger charge is 2.09. The van der Waals surface area contributed by atoms with Gasteiger partial charge in [-0.1, -0.05) is 35.4 Å². The lowest BCUT2D eigenvalue weighted by Gasteiger charge is -2.01. The van der Waals surface area contributed by atoms with Gasteiger partial charge in [0, 0.05) is 5.56 Å². The zero-order valence-corrected chi connectivity index (χ0v) is 11.4. The molecule has 0 saturated carbocycles. The molecule has 3 aromatic rings. The van der Waals surface area contributed by atoms with Gasteiger partial charge in [0.15, 0.2) is 5.82 Å². The van der Waals surface area contributed by atoms with E-state index in [0.717, 1.165) is 22.4 Å². The van der Waals surface area contributed by atoms with Crippen molar-refractivity contribution in [3.8, 4) is 17.1 Å². The van der Waals surface area contributed by atoms with E-state index in [4.69, 9.17) is 0 Å². The summed E-state index contributed by atoms with van der Waals surface area (Å²) in [6.07, 6.45) is 0. The maximum Gasteiger partial charge on any atom is 0.348 e. The third-order valence-corrected chi connectivity index (χ3v) is 3.11. The van der Waals surface area contributed by atoms with Crippen LogP contribution in [0.1, 0.15) is 11.1 Å². The van der Waals surface area contributed by atoms with Crippen LogP contribution in [0.2, 0.25) is 0 Å². The standard InChI is InChI=1S/C16H15N3O/c1-11-8-12(2)10-13(9-11)15-17-16(20)19(18-15)14-6-4-3-5-7-14/h3-10H,1-2H3,(H,17,18,20). The van der Waals surface area contributed by atoms with Gasteiger partial charge in [-0.3, -0.25) is 4.98 Å². The van der Waals surface area contributed by atoms with Gasteiger partial charge in [0.1, 0.15) is 0 Å². The first-order valence-electron chi connectivity index (χ1n) is 6.47. The Morgan fingerprint density at radius 2 is 1.65 bits per heavy atom. The Labute approximate surface area is 116 Å². The van der Waals surface area contributed by atoms with Crippen LogP contribution >= 0.6 is 0 Å². The summed E-state index contributed by atoms with van der Waals surface area (Å²) >= 11 is 0. The quantitative estimate of drug-likeness (QED) is 0.774. The number of hydrogen-bond donors (Lipinski definition) is 1. The molecule has 4 heteroatoms. The van der Waals surface area contributed by atoms with Gasteiger partial charge in [-0.25, -0.2) is 4.79 Å². The van der Waals surface area contributed by atoms with Crippen LogP contribution in [0.3, 0.4) is 0 Å². The van der Waals surface area contributed by atoms with Gasteiger partial charge in [0.2, 0.25) is 0 Å². The molecule has 100 valence electrons. The molecular formula is C16H15N3O. The average Bonchev–Trinajstić information content (AvgIpc) is 2.81. The normalized spacial score (nSPS) is 10.7. The van der Waals surface area contributed by atoms with Crippen molar-refractivity contribution in [1.29, 1.82) is 0 Å². The van der Waals surface area contributed by atoms with E-state index in [2.05, 4.69) is 16.1 Å². The molecular weight excluding hydrogens is 250 g/mol. The topological polar surface area (TPSA) is 50.7 Å². The predicted octanol–water partition coefficient (Wildman–Crippen LogP) is 2.84.